The number of nitrogens with zero attached hydrogens (tertiary/aromatic N) is 1. The molecule has 1 aliphatic heterocycles. The van der Waals surface area contributed by atoms with Crippen molar-refractivity contribution >= 4 is 5.97 Å². The van der Waals surface area contributed by atoms with Crippen LogP contribution >= 0.6 is 0 Å². The Morgan fingerprint density at radius 2 is 1.77 bits per heavy atom. The minimum absolute atomic E-state index is 0.0646. The molecule has 5 nitrogen and oxygen atoms in total. The molecule has 5 heteroatoms. The van der Waals surface area contributed by atoms with Crippen LogP contribution in [-0.4, -0.2) is 42.3 Å². The van der Waals surface area contributed by atoms with Crippen LogP contribution in [0.4, 0.5) is 0 Å². The number of hydrogen-bond donors (Lipinski definition) is 1. The zero-order chi connectivity index (χ0) is 18.7. The molecular formula is C21H31NO4. The highest BCUT2D eigenvalue weighted by Crippen LogP contribution is 2.49. The highest BCUT2D eigenvalue weighted by Gasteiger charge is 2.46. The Bertz CT molecular complexity index is 650. The third-order valence-electron chi connectivity index (χ3n) is 6.07. The second-order valence-electron chi connectivity index (χ2n) is 7.30. The lowest BCUT2D eigenvalue weighted by Gasteiger charge is -2.51. The molecule has 0 amide bonds. The fraction of sp³-hybridized carbons (Fsp3) is 0.667. The normalized spacial score (nSPS) is 25.7. The van der Waals surface area contributed by atoms with E-state index >= 15 is 0 Å². The van der Waals surface area contributed by atoms with E-state index in [0.717, 1.165) is 56.7 Å². The van der Waals surface area contributed by atoms with Gasteiger partial charge < -0.3 is 14.6 Å². The predicted molar refractivity (Wildman–Crippen MR) is 101 cm³/mol. The molecule has 1 aliphatic carbocycles. The maximum atomic E-state index is 11.4. The van der Waals surface area contributed by atoms with E-state index in [2.05, 4.69) is 24.0 Å². The topological polar surface area (TPSA) is 59.0 Å². The van der Waals surface area contributed by atoms with Crippen molar-refractivity contribution in [2.24, 2.45) is 5.92 Å². The van der Waals surface area contributed by atoms with E-state index in [1.165, 1.54) is 11.1 Å². The molecule has 2 aliphatic rings. The number of fused-ring (bicyclic) bond motifs is 2. The summed E-state index contributed by atoms with van der Waals surface area (Å²) in [5, 5.41) is 9.40. The van der Waals surface area contributed by atoms with Gasteiger partial charge in [0.25, 0.3) is 0 Å². The predicted octanol–water partition coefficient (Wildman–Crippen LogP) is 3.83. The largest absolute Gasteiger partial charge is 0.490 e. The first-order valence-electron chi connectivity index (χ1n) is 9.96. The summed E-state index contributed by atoms with van der Waals surface area (Å²) >= 11 is 0. The van der Waals surface area contributed by atoms with Crippen LogP contribution in [0.15, 0.2) is 12.1 Å². The molecule has 1 N–H and O–H groups in total. The van der Waals surface area contributed by atoms with Crippen LogP contribution in [0.5, 0.6) is 11.5 Å². The van der Waals surface area contributed by atoms with E-state index in [-0.39, 0.29) is 11.5 Å². The second-order valence-corrected chi connectivity index (χ2v) is 7.30. The molecule has 1 aromatic carbocycles. The van der Waals surface area contributed by atoms with Gasteiger partial charge in [-0.25, -0.2) is 0 Å². The van der Waals surface area contributed by atoms with Crippen molar-refractivity contribution in [2.75, 3.05) is 26.3 Å². The number of carboxylic acids is 1. The second kappa shape index (κ2) is 7.87. The van der Waals surface area contributed by atoms with Crippen LogP contribution in [0.3, 0.4) is 0 Å². The van der Waals surface area contributed by atoms with Gasteiger partial charge >= 0.3 is 5.97 Å². The molecule has 26 heavy (non-hydrogen) atoms. The smallest absolute Gasteiger partial charge is 0.306 e. The van der Waals surface area contributed by atoms with Gasteiger partial charge in [0.2, 0.25) is 0 Å². The van der Waals surface area contributed by atoms with Crippen molar-refractivity contribution in [2.45, 2.75) is 58.4 Å². The fourth-order valence-corrected chi connectivity index (χ4v) is 4.81. The number of benzene rings is 1. The molecule has 1 saturated carbocycles. The van der Waals surface area contributed by atoms with Gasteiger partial charge in [0, 0.05) is 12.1 Å². The third-order valence-corrected chi connectivity index (χ3v) is 6.07. The Balaban J connectivity index is 2.02. The lowest BCUT2D eigenvalue weighted by Crippen LogP contribution is -2.52. The van der Waals surface area contributed by atoms with Crippen LogP contribution in [-0.2, 0) is 16.8 Å². The first kappa shape index (κ1) is 19.0. The van der Waals surface area contributed by atoms with Gasteiger partial charge in [0.15, 0.2) is 11.5 Å². The average Bonchev–Trinajstić information content (AvgIpc) is 2.64. The van der Waals surface area contributed by atoms with Gasteiger partial charge in [-0.15, -0.1) is 0 Å². The monoisotopic (exact) mass is 361 g/mol. The van der Waals surface area contributed by atoms with Crippen LogP contribution in [0.2, 0.25) is 0 Å². The van der Waals surface area contributed by atoms with E-state index in [1.807, 2.05) is 13.8 Å². The lowest BCUT2D eigenvalue weighted by molar-refractivity contribution is -0.144. The number of hydrogen-bond acceptors (Lipinski definition) is 4. The zero-order valence-corrected chi connectivity index (χ0v) is 16.2. The van der Waals surface area contributed by atoms with E-state index < -0.39 is 5.97 Å². The summed E-state index contributed by atoms with van der Waals surface area (Å²) < 4.78 is 11.7. The molecule has 1 heterocycles. The standard InChI is InChI=1S/C21H31NO4/c1-4-22-12-9-16-13-18(25-5-2)19(26-6-3)14-17(16)21(22)10-7-15(8-11-21)20(23)24/h13-15H,4-12H2,1-3H3,(H,23,24)/t15-,21-. The summed E-state index contributed by atoms with van der Waals surface area (Å²) in [6.45, 7) is 9.39. The van der Waals surface area contributed by atoms with E-state index in [1.54, 1.807) is 0 Å². The van der Waals surface area contributed by atoms with Gasteiger partial charge in [-0.1, -0.05) is 6.92 Å². The highest BCUT2D eigenvalue weighted by atomic mass is 16.5. The molecule has 0 atom stereocenters. The molecule has 1 spiro atoms. The molecule has 1 fully saturated rings. The van der Waals surface area contributed by atoms with Crippen molar-refractivity contribution < 1.29 is 19.4 Å². The third kappa shape index (κ3) is 3.29. The Morgan fingerprint density at radius 3 is 2.31 bits per heavy atom. The van der Waals surface area contributed by atoms with Gasteiger partial charge in [0.1, 0.15) is 0 Å². The van der Waals surface area contributed by atoms with Crippen LogP contribution < -0.4 is 9.47 Å². The quantitative estimate of drug-likeness (QED) is 0.834. The maximum absolute atomic E-state index is 11.4. The van der Waals surface area contributed by atoms with Crippen LogP contribution in [0, 0.1) is 5.92 Å². The molecule has 1 aromatic rings. The zero-order valence-electron chi connectivity index (χ0n) is 16.2. The average molecular weight is 361 g/mol. The molecule has 0 bridgehead atoms. The number of rotatable bonds is 6. The number of ether oxygens (including phenoxy) is 2. The summed E-state index contributed by atoms with van der Waals surface area (Å²) in [5.74, 6) is 0.776. The summed E-state index contributed by atoms with van der Waals surface area (Å²) in [6.07, 6.45) is 4.26. The van der Waals surface area contributed by atoms with Crippen molar-refractivity contribution in [3.8, 4) is 11.5 Å². The summed E-state index contributed by atoms with van der Waals surface area (Å²) in [4.78, 5) is 14.0. The SMILES string of the molecule is CCOc1cc2c(cc1OCC)[C@]1(CC[C@@H](C(=O)O)CC1)N(CC)CC2. The Hall–Kier alpha value is -1.75. The first-order chi connectivity index (χ1) is 12.6. The summed E-state index contributed by atoms with van der Waals surface area (Å²) in [6, 6.07) is 4.33. The van der Waals surface area contributed by atoms with Gasteiger partial charge in [-0.2, -0.15) is 0 Å². The van der Waals surface area contributed by atoms with E-state index in [9.17, 15) is 9.90 Å². The van der Waals surface area contributed by atoms with Crippen LogP contribution in [0.1, 0.15) is 57.6 Å². The van der Waals surface area contributed by atoms with Crippen molar-refractivity contribution in [3.63, 3.8) is 0 Å². The summed E-state index contributed by atoms with van der Waals surface area (Å²) in [7, 11) is 0. The minimum atomic E-state index is -0.652. The number of likely N-dealkylation sites (N-methyl/N-ethyl adjacent to an activating group) is 1. The number of carbonyl (C=O) groups is 1. The van der Waals surface area contributed by atoms with Crippen molar-refractivity contribution in [3.05, 3.63) is 23.3 Å². The van der Waals surface area contributed by atoms with E-state index in [4.69, 9.17) is 9.47 Å². The molecule has 0 unspecified atom stereocenters. The van der Waals surface area contributed by atoms with Crippen molar-refractivity contribution in [1.29, 1.82) is 0 Å². The lowest BCUT2D eigenvalue weighted by atomic mass is 9.68. The Kier molecular flexibility index (Phi) is 5.76. The maximum Gasteiger partial charge on any atom is 0.306 e. The molecule has 3 rings (SSSR count). The van der Waals surface area contributed by atoms with Crippen molar-refractivity contribution in [1.82, 2.24) is 4.90 Å². The van der Waals surface area contributed by atoms with Gasteiger partial charge in [-0.3, -0.25) is 9.69 Å². The Morgan fingerprint density at radius 1 is 1.15 bits per heavy atom. The van der Waals surface area contributed by atoms with Gasteiger partial charge in [0.05, 0.1) is 19.1 Å². The van der Waals surface area contributed by atoms with Gasteiger partial charge in [-0.05, 0) is 75.8 Å². The number of carboxylic acid groups (broad SMARTS) is 1. The highest BCUT2D eigenvalue weighted by molar-refractivity contribution is 5.70. The number of aliphatic carboxylic acids is 1. The molecular weight excluding hydrogens is 330 g/mol. The first-order valence-corrected chi connectivity index (χ1v) is 9.96. The van der Waals surface area contributed by atoms with Crippen LogP contribution in [0.25, 0.3) is 0 Å². The minimum Gasteiger partial charge on any atom is -0.490 e. The Labute approximate surface area is 156 Å². The molecule has 0 saturated heterocycles. The molecule has 0 radical (unpaired) electrons. The summed E-state index contributed by atoms with van der Waals surface area (Å²) in [5.41, 5.74) is 2.59. The molecule has 144 valence electrons. The van der Waals surface area contributed by atoms with E-state index in [0.29, 0.717) is 13.2 Å². The fourth-order valence-electron chi connectivity index (χ4n) is 4.81. The molecule has 0 aromatic heterocycles.